The van der Waals surface area contributed by atoms with E-state index in [1.165, 1.54) is 0 Å². The second kappa shape index (κ2) is 7.12. The lowest BCUT2D eigenvalue weighted by Crippen LogP contribution is -2.16. The van der Waals surface area contributed by atoms with E-state index in [0.717, 1.165) is 30.9 Å². The minimum atomic E-state index is 0.705. The highest BCUT2D eigenvalue weighted by atomic mass is 16.5. The number of ether oxygens (including phenoxy) is 1. The number of benzene rings is 1. The second-order valence-electron chi connectivity index (χ2n) is 4.01. The Morgan fingerprint density at radius 2 is 2.00 bits per heavy atom. The van der Waals surface area contributed by atoms with Crippen LogP contribution in [0.1, 0.15) is 13.3 Å². The van der Waals surface area contributed by atoms with E-state index in [9.17, 15) is 0 Å². The van der Waals surface area contributed by atoms with Crippen LogP contribution in [0.5, 0.6) is 5.75 Å². The van der Waals surface area contributed by atoms with Crippen molar-refractivity contribution < 1.29 is 4.74 Å². The molecule has 0 atom stereocenters. The molecule has 0 saturated carbocycles. The van der Waals surface area contributed by atoms with Crippen LogP contribution in [0.4, 0.5) is 5.69 Å². The maximum atomic E-state index is 5.54. The lowest BCUT2D eigenvalue weighted by molar-refractivity contribution is 0.341. The summed E-state index contributed by atoms with van der Waals surface area (Å²) in [6, 6.07) is 8.07. The van der Waals surface area contributed by atoms with Crippen LogP contribution >= 0.6 is 0 Å². The van der Waals surface area contributed by atoms with Crippen LogP contribution in [0.15, 0.2) is 24.3 Å². The molecule has 1 rings (SSSR count). The Kier molecular flexibility index (Phi) is 5.72. The van der Waals surface area contributed by atoms with Crippen molar-refractivity contribution in [3.05, 3.63) is 24.3 Å². The Bertz CT molecular complexity index is 300. The summed E-state index contributed by atoms with van der Waals surface area (Å²) < 4.78 is 5.54. The Hall–Kier alpha value is -1.22. The van der Waals surface area contributed by atoms with E-state index in [0.29, 0.717) is 6.61 Å². The average molecular weight is 222 g/mol. The standard InChI is InChI=1S/C13H22N2O/c1-4-16-13-9-6-5-8-12(13)14-10-7-11-15(2)3/h5-6,8-9,14H,4,7,10-11H2,1-3H3. The van der Waals surface area contributed by atoms with Crippen LogP contribution in [-0.4, -0.2) is 38.7 Å². The predicted octanol–water partition coefficient (Wildman–Crippen LogP) is 2.45. The molecular weight excluding hydrogens is 200 g/mol. The Balaban J connectivity index is 2.40. The largest absolute Gasteiger partial charge is 0.492 e. The fourth-order valence-electron chi connectivity index (χ4n) is 1.51. The van der Waals surface area contributed by atoms with Crippen molar-refractivity contribution >= 4 is 5.69 Å². The molecule has 0 aliphatic rings. The topological polar surface area (TPSA) is 24.5 Å². The van der Waals surface area contributed by atoms with Gasteiger partial charge < -0.3 is 15.0 Å². The van der Waals surface area contributed by atoms with Crippen LogP contribution in [0.25, 0.3) is 0 Å². The van der Waals surface area contributed by atoms with Crippen molar-refractivity contribution in [3.8, 4) is 5.75 Å². The number of rotatable bonds is 7. The fraction of sp³-hybridized carbons (Fsp3) is 0.538. The molecule has 0 aliphatic carbocycles. The van der Waals surface area contributed by atoms with E-state index in [-0.39, 0.29) is 0 Å². The van der Waals surface area contributed by atoms with E-state index in [4.69, 9.17) is 4.74 Å². The maximum absolute atomic E-state index is 5.54. The van der Waals surface area contributed by atoms with E-state index >= 15 is 0 Å². The molecular formula is C13H22N2O. The number of hydrogen-bond acceptors (Lipinski definition) is 3. The number of nitrogens with one attached hydrogen (secondary N) is 1. The normalized spacial score (nSPS) is 10.5. The van der Waals surface area contributed by atoms with Crippen molar-refractivity contribution in [2.24, 2.45) is 0 Å². The molecule has 0 amide bonds. The third kappa shape index (κ3) is 4.53. The first-order valence-corrected chi connectivity index (χ1v) is 5.84. The minimum Gasteiger partial charge on any atom is -0.492 e. The van der Waals surface area contributed by atoms with E-state index < -0.39 is 0 Å². The van der Waals surface area contributed by atoms with Crippen LogP contribution in [0.2, 0.25) is 0 Å². The Labute approximate surface area is 98.4 Å². The highest BCUT2D eigenvalue weighted by Crippen LogP contribution is 2.23. The third-order valence-corrected chi connectivity index (χ3v) is 2.28. The van der Waals surface area contributed by atoms with E-state index in [1.807, 2.05) is 25.1 Å². The molecule has 0 spiro atoms. The first-order valence-electron chi connectivity index (χ1n) is 5.84. The van der Waals surface area contributed by atoms with Gasteiger partial charge in [0.15, 0.2) is 0 Å². The van der Waals surface area contributed by atoms with Gasteiger partial charge in [-0.3, -0.25) is 0 Å². The monoisotopic (exact) mass is 222 g/mol. The Morgan fingerprint density at radius 3 is 2.69 bits per heavy atom. The van der Waals surface area contributed by atoms with E-state index in [1.54, 1.807) is 0 Å². The highest BCUT2D eigenvalue weighted by Gasteiger charge is 2.00. The van der Waals surface area contributed by atoms with Gasteiger partial charge in [0.1, 0.15) is 5.75 Å². The van der Waals surface area contributed by atoms with Gasteiger partial charge in [-0.2, -0.15) is 0 Å². The molecule has 0 unspecified atom stereocenters. The number of anilines is 1. The summed E-state index contributed by atoms with van der Waals surface area (Å²) in [7, 11) is 4.18. The summed E-state index contributed by atoms with van der Waals surface area (Å²) in [4.78, 5) is 2.19. The van der Waals surface area contributed by atoms with Gasteiger partial charge in [-0.05, 0) is 46.1 Å². The summed E-state index contributed by atoms with van der Waals surface area (Å²) >= 11 is 0. The van der Waals surface area contributed by atoms with Gasteiger partial charge in [-0.15, -0.1) is 0 Å². The van der Waals surface area contributed by atoms with Crippen LogP contribution in [0.3, 0.4) is 0 Å². The fourth-order valence-corrected chi connectivity index (χ4v) is 1.51. The van der Waals surface area contributed by atoms with Crippen LogP contribution < -0.4 is 10.1 Å². The zero-order chi connectivity index (χ0) is 11.8. The molecule has 0 fully saturated rings. The first kappa shape index (κ1) is 12.8. The van der Waals surface area contributed by atoms with Gasteiger partial charge >= 0.3 is 0 Å². The smallest absolute Gasteiger partial charge is 0.142 e. The first-order chi connectivity index (χ1) is 7.74. The van der Waals surface area contributed by atoms with Gasteiger partial charge in [0.2, 0.25) is 0 Å². The lowest BCUT2D eigenvalue weighted by atomic mass is 10.3. The van der Waals surface area contributed by atoms with Crippen LogP contribution in [0, 0.1) is 0 Å². The number of hydrogen-bond donors (Lipinski definition) is 1. The second-order valence-corrected chi connectivity index (χ2v) is 4.01. The summed E-state index contributed by atoms with van der Waals surface area (Å²) in [5, 5.41) is 3.40. The van der Waals surface area contributed by atoms with Crippen molar-refractivity contribution in [2.75, 3.05) is 39.1 Å². The molecule has 90 valence electrons. The molecule has 3 heteroatoms. The summed E-state index contributed by atoms with van der Waals surface area (Å²) in [6.07, 6.45) is 1.13. The summed E-state index contributed by atoms with van der Waals surface area (Å²) in [5.74, 6) is 0.940. The molecule has 0 heterocycles. The molecule has 0 bridgehead atoms. The van der Waals surface area contributed by atoms with Gasteiger partial charge in [0.25, 0.3) is 0 Å². The summed E-state index contributed by atoms with van der Waals surface area (Å²) in [5.41, 5.74) is 1.09. The maximum Gasteiger partial charge on any atom is 0.142 e. The molecule has 1 N–H and O–H groups in total. The highest BCUT2D eigenvalue weighted by molar-refractivity contribution is 5.56. The lowest BCUT2D eigenvalue weighted by Gasteiger charge is -2.13. The minimum absolute atomic E-state index is 0.705. The molecule has 16 heavy (non-hydrogen) atoms. The van der Waals surface area contributed by atoms with E-state index in [2.05, 4.69) is 30.4 Å². The van der Waals surface area contributed by atoms with Gasteiger partial charge in [-0.1, -0.05) is 12.1 Å². The molecule has 1 aromatic carbocycles. The van der Waals surface area contributed by atoms with Crippen LogP contribution in [-0.2, 0) is 0 Å². The third-order valence-electron chi connectivity index (χ3n) is 2.28. The predicted molar refractivity (Wildman–Crippen MR) is 69.3 cm³/mol. The quantitative estimate of drug-likeness (QED) is 0.717. The molecule has 0 radical (unpaired) electrons. The molecule has 0 aliphatic heterocycles. The number of para-hydroxylation sites is 2. The van der Waals surface area contributed by atoms with Crippen molar-refractivity contribution in [1.82, 2.24) is 4.90 Å². The van der Waals surface area contributed by atoms with Gasteiger partial charge in [-0.25, -0.2) is 0 Å². The van der Waals surface area contributed by atoms with Crippen molar-refractivity contribution in [1.29, 1.82) is 0 Å². The molecule has 3 nitrogen and oxygen atoms in total. The van der Waals surface area contributed by atoms with Crippen molar-refractivity contribution in [2.45, 2.75) is 13.3 Å². The zero-order valence-corrected chi connectivity index (χ0v) is 10.5. The molecule has 0 saturated heterocycles. The van der Waals surface area contributed by atoms with Gasteiger partial charge in [0.05, 0.1) is 12.3 Å². The van der Waals surface area contributed by atoms with Gasteiger partial charge in [0, 0.05) is 6.54 Å². The molecule has 0 aromatic heterocycles. The Morgan fingerprint density at radius 1 is 1.25 bits per heavy atom. The van der Waals surface area contributed by atoms with Crippen molar-refractivity contribution in [3.63, 3.8) is 0 Å². The number of nitrogens with zero attached hydrogens (tertiary/aromatic N) is 1. The molecule has 1 aromatic rings. The zero-order valence-electron chi connectivity index (χ0n) is 10.5. The SMILES string of the molecule is CCOc1ccccc1NCCCN(C)C. The summed E-state index contributed by atoms with van der Waals surface area (Å²) in [6.45, 7) is 4.78. The average Bonchev–Trinajstić information content (AvgIpc) is 2.26.